The van der Waals surface area contributed by atoms with Crippen molar-refractivity contribution >= 4 is 22.9 Å². The van der Waals surface area contributed by atoms with Crippen LogP contribution in [0.5, 0.6) is 0 Å². The summed E-state index contributed by atoms with van der Waals surface area (Å²) in [5, 5.41) is 11.2. The highest BCUT2D eigenvalue weighted by atomic mass is 16.2. The first-order chi connectivity index (χ1) is 16.5. The number of rotatable bonds is 4. The van der Waals surface area contributed by atoms with Gasteiger partial charge in [-0.25, -0.2) is 14.5 Å². The SMILES string of the molecule is Cc1ccc(C)c(NC(=O)N2CCC(c3nc4c(nnn4Cc4ccccc4)c(=O)[nH]3)CC2)c1. The lowest BCUT2D eigenvalue weighted by Gasteiger charge is -2.31. The van der Waals surface area contributed by atoms with Crippen molar-refractivity contribution in [3.63, 3.8) is 0 Å². The summed E-state index contributed by atoms with van der Waals surface area (Å²) in [5.74, 6) is 0.686. The van der Waals surface area contributed by atoms with Crippen LogP contribution in [-0.4, -0.2) is 49.0 Å². The van der Waals surface area contributed by atoms with Crippen LogP contribution < -0.4 is 10.9 Å². The molecule has 5 rings (SSSR count). The second kappa shape index (κ2) is 9.09. The maximum absolute atomic E-state index is 12.8. The number of benzene rings is 2. The molecule has 1 saturated heterocycles. The molecule has 0 aliphatic carbocycles. The zero-order chi connectivity index (χ0) is 23.7. The molecule has 0 spiro atoms. The molecule has 174 valence electrons. The molecule has 0 bridgehead atoms. The van der Waals surface area contributed by atoms with Crippen LogP contribution in [0.3, 0.4) is 0 Å². The summed E-state index contributed by atoms with van der Waals surface area (Å²) in [7, 11) is 0. The normalized spacial score (nSPS) is 14.5. The van der Waals surface area contributed by atoms with Crippen LogP contribution in [0.15, 0.2) is 53.3 Å². The highest BCUT2D eigenvalue weighted by Crippen LogP contribution is 2.26. The number of H-pyrrole nitrogens is 1. The van der Waals surface area contributed by atoms with E-state index in [4.69, 9.17) is 4.98 Å². The predicted octanol–water partition coefficient (Wildman–Crippen LogP) is 3.59. The second-order valence-corrected chi connectivity index (χ2v) is 8.87. The molecule has 2 amide bonds. The third kappa shape index (κ3) is 4.41. The van der Waals surface area contributed by atoms with Gasteiger partial charge in [-0.1, -0.05) is 47.7 Å². The minimum Gasteiger partial charge on any atom is -0.324 e. The van der Waals surface area contributed by atoms with E-state index in [-0.39, 0.29) is 23.0 Å². The highest BCUT2D eigenvalue weighted by molar-refractivity contribution is 5.90. The van der Waals surface area contributed by atoms with E-state index in [2.05, 4.69) is 20.6 Å². The third-order valence-electron chi connectivity index (χ3n) is 6.37. The maximum Gasteiger partial charge on any atom is 0.321 e. The van der Waals surface area contributed by atoms with E-state index in [1.807, 2.05) is 67.3 Å². The number of carbonyl (C=O) groups is 1. The zero-order valence-corrected chi connectivity index (χ0v) is 19.3. The van der Waals surface area contributed by atoms with E-state index in [1.54, 1.807) is 4.68 Å². The quantitative estimate of drug-likeness (QED) is 0.487. The lowest BCUT2D eigenvalue weighted by Crippen LogP contribution is -2.41. The molecule has 34 heavy (non-hydrogen) atoms. The van der Waals surface area contributed by atoms with Crippen molar-refractivity contribution in [3.05, 3.63) is 81.4 Å². The van der Waals surface area contributed by atoms with E-state index >= 15 is 0 Å². The average Bonchev–Trinajstić information content (AvgIpc) is 3.25. The molecule has 9 nitrogen and oxygen atoms in total. The average molecular weight is 458 g/mol. The first kappa shape index (κ1) is 21.8. The maximum atomic E-state index is 12.8. The fraction of sp³-hybridized carbons (Fsp3) is 0.320. The second-order valence-electron chi connectivity index (χ2n) is 8.87. The van der Waals surface area contributed by atoms with Crippen LogP contribution in [-0.2, 0) is 6.54 Å². The van der Waals surface area contributed by atoms with Gasteiger partial charge >= 0.3 is 6.03 Å². The van der Waals surface area contributed by atoms with Crippen LogP contribution >= 0.6 is 0 Å². The molecule has 1 fully saturated rings. The predicted molar refractivity (Wildman–Crippen MR) is 130 cm³/mol. The number of aromatic nitrogens is 5. The Kier molecular flexibility index (Phi) is 5.83. The summed E-state index contributed by atoms with van der Waals surface area (Å²) in [5.41, 5.74) is 4.47. The van der Waals surface area contributed by atoms with E-state index in [9.17, 15) is 9.59 Å². The molecule has 3 heterocycles. The lowest BCUT2D eigenvalue weighted by atomic mass is 9.96. The molecule has 1 aliphatic heterocycles. The Morgan fingerprint density at radius 1 is 1.12 bits per heavy atom. The van der Waals surface area contributed by atoms with Gasteiger partial charge < -0.3 is 15.2 Å². The summed E-state index contributed by atoms with van der Waals surface area (Å²) < 4.78 is 1.66. The van der Waals surface area contributed by atoms with Gasteiger partial charge in [0.1, 0.15) is 5.82 Å². The fourth-order valence-electron chi connectivity index (χ4n) is 4.36. The van der Waals surface area contributed by atoms with Gasteiger partial charge in [-0.15, -0.1) is 5.10 Å². The number of nitrogens with zero attached hydrogens (tertiary/aromatic N) is 5. The van der Waals surface area contributed by atoms with Gasteiger partial charge in [0.25, 0.3) is 5.56 Å². The number of aryl methyl sites for hydroxylation is 2. The first-order valence-electron chi connectivity index (χ1n) is 11.5. The molecule has 2 aromatic heterocycles. The zero-order valence-electron chi connectivity index (χ0n) is 19.3. The molecule has 0 radical (unpaired) electrons. The number of piperidine rings is 1. The molecular formula is C25H27N7O2. The number of nitrogens with one attached hydrogen (secondary N) is 2. The number of likely N-dealkylation sites (tertiary alicyclic amines) is 1. The Morgan fingerprint density at radius 3 is 2.65 bits per heavy atom. The monoisotopic (exact) mass is 457 g/mol. The first-order valence-corrected chi connectivity index (χ1v) is 11.5. The van der Waals surface area contributed by atoms with Crippen molar-refractivity contribution in [2.45, 2.75) is 39.2 Å². The van der Waals surface area contributed by atoms with E-state index in [1.165, 1.54) is 0 Å². The van der Waals surface area contributed by atoms with Gasteiger partial charge in [0.2, 0.25) is 0 Å². The number of aromatic amines is 1. The van der Waals surface area contributed by atoms with Gasteiger partial charge in [-0.2, -0.15) is 0 Å². The number of carbonyl (C=O) groups excluding carboxylic acids is 1. The molecule has 2 N–H and O–H groups in total. The Morgan fingerprint density at radius 2 is 1.88 bits per heavy atom. The van der Waals surface area contributed by atoms with Crippen LogP contribution in [0.25, 0.3) is 11.2 Å². The van der Waals surface area contributed by atoms with Crippen LogP contribution in [0.4, 0.5) is 10.5 Å². The van der Waals surface area contributed by atoms with Crippen molar-refractivity contribution < 1.29 is 4.79 Å². The molecule has 0 saturated carbocycles. The number of fused-ring (bicyclic) bond motifs is 1. The Labute approximate surface area is 196 Å². The van der Waals surface area contributed by atoms with Crippen molar-refractivity contribution in [3.8, 4) is 0 Å². The van der Waals surface area contributed by atoms with Gasteiger partial charge in [0.05, 0.1) is 6.54 Å². The number of amides is 2. The van der Waals surface area contributed by atoms with Crippen LogP contribution in [0, 0.1) is 13.8 Å². The summed E-state index contributed by atoms with van der Waals surface area (Å²) in [6, 6.07) is 15.8. The molecular weight excluding hydrogens is 430 g/mol. The van der Waals surface area contributed by atoms with Gasteiger partial charge in [0, 0.05) is 24.7 Å². The Hall–Kier alpha value is -4.01. The van der Waals surface area contributed by atoms with Gasteiger partial charge in [0.15, 0.2) is 11.2 Å². The third-order valence-corrected chi connectivity index (χ3v) is 6.37. The van der Waals surface area contributed by atoms with E-state index in [0.717, 1.165) is 35.2 Å². The molecule has 0 atom stereocenters. The smallest absolute Gasteiger partial charge is 0.321 e. The van der Waals surface area contributed by atoms with Crippen molar-refractivity contribution in [2.75, 3.05) is 18.4 Å². The molecule has 9 heteroatoms. The standard InChI is InChI=1S/C25H27N7O2/c1-16-8-9-17(2)20(14-16)26-25(34)31-12-10-19(11-13-31)22-27-23-21(24(33)28-22)29-30-32(23)15-18-6-4-3-5-7-18/h3-9,14,19H,10-13,15H2,1-2H3,(H,26,34)(H,27,28,33). The number of hydrogen-bond donors (Lipinski definition) is 2. The molecule has 4 aromatic rings. The van der Waals surface area contributed by atoms with Crippen LogP contribution in [0.1, 0.15) is 41.3 Å². The minimum atomic E-state index is -0.283. The molecule has 0 unspecified atom stereocenters. The van der Waals surface area contributed by atoms with Crippen molar-refractivity contribution in [2.24, 2.45) is 0 Å². The minimum absolute atomic E-state index is 0.0573. The summed E-state index contributed by atoms with van der Waals surface area (Å²) in [6.07, 6.45) is 1.43. The largest absolute Gasteiger partial charge is 0.324 e. The van der Waals surface area contributed by atoms with Crippen LogP contribution in [0.2, 0.25) is 0 Å². The Bertz CT molecular complexity index is 1390. The van der Waals surface area contributed by atoms with Gasteiger partial charge in [-0.05, 0) is 49.4 Å². The fourth-order valence-corrected chi connectivity index (χ4v) is 4.36. The summed E-state index contributed by atoms with van der Waals surface area (Å²) in [6.45, 7) is 5.66. The number of urea groups is 1. The van der Waals surface area contributed by atoms with E-state index < -0.39 is 0 Å². The summed E-state index contributed by atoms with van der Waals surface area (Å²) >= 11 is 0. The van der Waals surface area contributed by atoms with Crippen molar-refractivity contribution in [1.29, 1.82) is 0 Å². The molecule has 2 aromatic carbocycles. The topological polar surface area (TPSA) is 109 Å². The number of hydrogen-bond acceptors (Lipinski definition) is 5. The lowest BCUT2D eigenvalue weighted by molar-refractivity contribution is 0.193. The molecule has 1 aliphatic rings. The summed E-state index contributed by atoms with van der Waals surface area (Å²) in [4.78, 5) is 34.9. The van der Waals surface area contributed by atoms with E-state index in [0.29, 0.717) is 31.1 Å². The highest BCUT2D eigenvalue weighted by Gasteiger charge is 2.26. The van der Waals surface area contributed by atoms with Gasteiger partial charge in [-0.3, -0.25) is 4.79 Å². The Balaban J connectivity index is 1.29. The number of anilines is 1. The van der Waals surface area contributed by atoms with Crippen molar-refractivity contribution in [1.82, 2.24) is 29.9 Å².